The number of nitrogens with one attached hydrogen (secondary N) is 2. The molecule has 0 atom stereocenters. The number of alkyl halides is 2. The summed E-state index contributed by atoms with van der Waals surface area (Å²) in [6.45, 7) is 1.27. The number of benzene rings is 1. The van der Waals surface area contributed by atoms with Gasteiger partial charge in [-0.1, -0.05) is 13.8 Å². The maximum Gasteiger partial charge on any atom is 0.387 e. The van der Waals surface area contributed by atoms with Crippen LogP contribution in [-0.4, -0.2) is 22.7 Å². The summed E-state index contributed by atoms with van der Waals surface area (Å²) >= 11 is 0. The maximum atomic E-state index is 12.0. The number of aromatic nitrogens is 2. The SMILES string of the molecule is CC(C)Cc1cc(C(=O)Nc2ccc(OC(F)F)cc2)n[nH]1. The Hall–Kier alpha value is -2.44. The van der Waals surface area contributed by atoms with E-state index in [-0.39, 0.29) is 17.4 Å². The van der Waals surface area contributed by atoms with Gasteiger partial charge in [0.25, 0.3) is 5.91 Å². The molecule has 0 radical (unpaired) electrons. The monoisotopic (exact) mass is 309 g/mol. The Morgan fingerprint density at radius 1 is 1.32 bits per heavy atom. The fourth-order valence-corrected chi connectivity index (χ4v) is 1.94. The number of anilines is 1. The summed E-state index contributed by atoms with van der Waals surface area (Å²) in [5.41, 5.74) is 1.64. The molecule has 0 aliphatic rings. The van der Waals surface area contributed by atoms with Crippen molar-refractivity contribution in [1.82, 2.24) is 10.2 Å². The lowest BCUT2D eigenvalue weighted by Gasteiger charge is -2.06. The molecule has 1 aromatic heterocycles. The van der Waals surface area contributed by atoms with Crippen molar-refractivity contribution in [2.24, 2.45) is 5.92 Å². The van der Waals surface area contributed by atoms with Crippen LogP contribution in [0.1, 0.15) is 30.0 Å². The highest BCUT2D eigenvalue weighted by Gasteiger charge is 2.12. The molecule has 0 aliphatic heterocycles. The van der Waals surface area contributed by atoms with E-state index in [2.05, 4.69) is 34.1 Å². The van der Waals surface area contributed by atoms with Crippen molar-refractivity contribution in [3.8, 4) is 5.75 Å². The molecule has 2 aromatic rings. The molecule has 0 bridgehead atoms. The molecule has 7 heteroatoms. The average Bonchev–Trinajstić information content (AvgIpc) is 2.88. The summed E-state index contributed by atoms with van der Waals surface area (Å²) in [7, 11) is 0. The largest absolute Gasteiger partial charge is 0.435 e. The third-order valence-electron chi connectivity index (χ3n) is 2.83. The van der Waals surface area contributed by atoms with Crippen LogP contribution >= 0.6 is 0 Å². The minimum absolute atomic E-state index is 0.0342. The molecule has 0 saturated carbocycles. The van der Waals surface area contributed by atoms with Gasteiger partial charge in [0.05, 0.1) is 0 Å². The normalized spacial score (nSPS) is 11.0. The van der Waals surface area contributed by atoms with Gasteiger partial charge in [-0.3, -0.25) is 9.89 Å². The second kappa shape index (κ2) is 7.02. The predicted molar refractivity (Wildman–Crippen MR) is 78.2 cm³/mol. The van der Waals surface area contributed by atoms with Gasteiger partial charge in [0.1, 0.15) is 5.75 Å². The van der Waals surface area contributed by atoms with Crippen molar-refractivity contribution in [2.75, 3.05) is 5.32 Å². The van der Waals surface area contributed by atoms with Crippen molar-refractivity contribution < 1.29 is 18.3 Å². The molecule has 0 unspecified atom stereocenters. The van der Waals surface area contributed by atoms with E-state index in [0.717, 1.165) is 12.1 Å². The number of carbonyl (C=O) groups is 1. The molecule has 1 aromatic carbocycles. The molecular weight excluding hydrogens is 292 g/mol. The predicted octanol–water partition coefficient (Wildman–Crippen LogP) is 3.46. The van der Waals surface area contributed by atoms with Crippen LogP contribution in [0, 0.1) is 5.92 Å². The second-order valence-corrected chi connectivity index (χ2v) is 5.23. The molecule has 2 rings (SSSR count). The highest BCUT2D eigenvalue weighted by atomic mass is 19.3. The fraction of sp³-hybridized carbons (Fsp3) is 0.333. The average molecular weight is 309 g/mol. The van der Waals surface area contributed by atoms with Crippen LogP contribution in [0.3, 0.4) is 0 Å². The van der Waals surface area contributed by atoms with E-state index in [1.54, 1.807) is 6.07 Å². The van der Waals surface area contributed by atoms with Crippen LogP contribution in [0.4, 0.5) is 14.5 Å². The first-order chi connectivity index (χ1) is 10.4. The Bertz CT molecular complexity index is 624. The van der Waals surface area contributed by atoms with E-state index in [1.165, 1.54) is 24.3 Å². The first-order valence-corrected chi connectivity index (χ1v) is 6.84. The molecule has 0 fully saturated rings. The minimum atomic E-state index is -2.87. The number of nitrogens with zero attached hydrogens (tertiary/aromatic N) is 1. The van der Waals surface area contributed by atoms with Gasteiger partial charge in [-0.25, -0.2) is 0 Å². The first-order valence-electron chi connectivity index (χ1n) is 6.84. The molecule has 2 N–H and O–H groups in total. The number of ether oxygens (including phenoxy) is 1. The van der Waals surface area contributed by atoms with Gasteiger partial charge in [-0.05, 0) is 42.7 Å². The zero-order valence-electron chi connectivity index (χ0n) is 12.3. The Balaban J connectivity index is 1.98. The summed E-state index contributed by atoms with van der Waals surface area (Å²) in [4.78, 5) is 12.0. The molecule has 0 spiro atoms. The lowest BCUT2D eigenvalue weighted by atomic mass is 10.1. The highest BCUT2D eigenvalue weighted by Crippen LogP contribution is 2.18. The van der Waals surface area contributed by atoms with Crippen LogP contribution in [0.15, 0.2) is 30.3 Å². The number of carbonyl (C=O) groups excluding carboxylic acids is 1. The molecule has 0 aliphatic carbocycles. The van der Waals surface area contributed by atoms with E-state index >= 15 is 0 Å². The molecule has 22 heavy (non-hydrogen) atoms. The smallest absolute Gasteiger partial charge is 0.387 e. The lowest BCUT2D eigenvalue weighted by Crippen LogP contribution is -2.12. The Morgan fingerprint density at radius 3 is 2.59 bits per heavy atom. The van der Waals surface area contributed by atoms with Gasteiger partial charge in [0, 0.05) is 11.4 Å². The quantitative estimate of drug-likeness (QED) is 0.858. The zero-order chi connectivity index (χ0) is 16.1. The third kappa shape index (κ3) is 4.54. The highest BCUT2D eigenvalue weighted by molar-refractivity contribution is 6.02. The van der Waals surface area contributed by atoms with Gasteiger partial charge >= 0.3 is 6.61 Å². The summed E-state index contributed by atoms with van der Waals surface area (Å²) in [6, 6.07) is 7.38. The van der Waals surface area contributed by atoms with Crippen LogP contribution in [0.2, 0.25) is 0 Å². The van der Waals surface area contributed by atoms with Crippen molar-refractivity contribution in [3.63, 3.8) is 0 Å². The van der Waals surface area contributed by atoms with Gasteiger partial charge < -0.3 is 10.1 Å². The number of aromatic amines is 1. The lowest BCUT2D eigenvalue weighted by molar-refractivity contribution is -0.0498. The van der Waals surface area contributed by atoms with E-state index in [9.17, 15) is 13.6 Å². The molecule has 1 amide bonds. The van der Waals surface area contributed by atoms with Crippen molar-refractivity contribution >= 4 is 11.6 Å². The van der Waals surface area contributed by atoms with E-state index in [1.807, 2.05) is 0 Å². The minimum Gasteiger partial charge on any atom is -0.435 e. The van der Waals surface area contributed by atoms with E-state index in [0.29, 0.717) is 11.6 Å². The van der Waals surface area contributed by atoms with Crippen LogP contribution in [-0.2, 0) is 6.42 Å². The van der Waals surface area contributed by atoms with Gasteiger partial charge in [-0.15, -0.1) is 0 Å². The molecule has 0 saturated heterocycles. The maximum absolute atomic E-state index is 12.0. The Morgan fingerprint density at radius 2 is 2.00 bits per heavy atom. The molecule has 5 nitrogen and oxygen atoms in total. The standard InChI is InChI=1S/C15H17F2N3O2/c1-9(2)7-11-8-13(20-19-11)14(21)18-10-3-5-12(6-4-10)22-15(16)17/h3-6,8-9,15H,7H2,1-2H3,(H,18,21)(H,19,20). The Kier molecular flexibility index (Phi) is 5.08. The number of rotatable bonds is 6. The fourth-order valence-electron chi connectivity index (χ4n) is 1.94. The summed E-state index contributed by atoms with van der Waals surface area (Å²) < 4.78 is 28.3. The topological polar surface area (TPSA) is 67.0 Å². The van der Waals surface area contributed by atoms with Crippen LogP contribution in [0.25, 0.3) is 0 Å². The number of amides is 1. The van der Waals surface area contributed by atoms with Gasteiger partial charge in [0.2, 0.25) is 0 Å². The number of hydrogen-bond acceptors (Lipinski definition) is 3. The summed E-state index contributed by atoms with van der Waals surface area (Å²) in [6.07, 6.45) is 0.806. The second-order valence-electron chi connectivity index (χ2n) is 5.23. The zero-order valence-corrected chi connectivity index (χ0v) is 12.3. The summed E-state index contributed by atoms with van der Waals surface area (Å²) in [5, 5.41) is 9.42. The first kappa shape index (κ1) is 15.9. The van der Waals surface area contributed by atoms with Crippen LogP contribution in [0.5, 0.6) is 5.75 Å². The molecule has 1 heterocycles. The molecular formula is C15H17F2N3O2. The summed E-state index contributed by atoms with van der Waals surface area (Å²) in [5.74, 6) is 0.125. The molecule has 118 valence electrons. The van der Waals surface area contributed by atoms with Crippen molar-refractivity contribution in [3.05, 3.63) is 41.7 Å². The number of hydrogen-bond donors (Lipinski definition) is 2. The van der Waals surface area contributed by atoms with Gasteiger partial charge in [-0.2, -0.15) is 13.9 Å². The number of halogens is 2. The van der Waals surface area contributed by atoms with E-state index in [4.69, 9.17) is 0 Å². The van der Waals surface area contributed by atoms with Crippen molar-refractivity contribution in [1.29, 1.82) is 0 Å². The van der Waals surface area contributed by atoms with Gasteiger partial charge in [0.15, 0.2) is 5.69 Å². The Labute approximate surface area is 126 Å². The van der Waals surface area contributed by atoms with Crippen LogP contribution < -0.4 is 10.1 Å². The van der Waals surface area contributed by atoms with E-state index < -0.39 is 6.61 Å². The number of H-pyrrole nitrogens is 1. The third-order valence-corrected chi connectivity index (χ3v) is 2.83. The van der Waals surface area contributed by atoms with Crippen molar-refractivity contribution in [2.45, 2.75) is 26.9 Å².